The predicted molar refractivity (Wildman–Crippen MR) is 84.9 cm³/mol. The number of likely N-dealkylation sites (tertiary alicyclic amines) is 1. The maximum atomic E-state index is 12.0. The molecule has 1 heterocycles. The molecule has 5 nitrogen and oxygen atoms in total. The van der Waals surface area contributed by atoms with Gasteiger partial charge in [0, 0.05) is 17.0 Å². The molecule has 1 saturated heterocycles. The Morgan fingerprint density at radius 2 is 2.13 bits per heavy atom. The van der Waals surface area contributed by atoms with E-state index in [-0.39, 0.29) is 23.3 Å². The molecule has 5 heteroatoms. The number of hydrogen-bond donors (Lipinski definition) is 2. The molecule has 0 radical (unpaired) electrons. The molecule has 0 aromatic heterocycles. The van der Waals surface area contributed by atoms with Gasteiger partial charge >= 0.3 is 0 Å². The van der Waals surface area contributed by atoms with E-state index in [4.69, 9.17) is 4.74 Å². The fourth-order valence-electron chi connectivity index (χ4n) is 4.35. The van der Waals surface area contributed by atoms with E-state index in [0.717, 1.165) is 29.7 Å². The zero-order chi connectivity index (χ0) is 16.4. The Kier molecular flexibility index (Phi) is 2.87. The highest BCUT2D eigenvalue weighted by atomic mass is 16.5. The second kappa shape index (κ2) is 4.61. The van der Waals surface area contributed by atoms with Crippen LogP contribution in [-0.4, -0.2) is 47.6 Å². The number of phenolic OH excluding ortho intramolecular Hbond substituents is 1. The number of carbonyl (C=O) groups excluding carboxylic acids is 1. The van der Waals surface area contributed by atoms with Gasteiger partial charge < -0.3 is 14.9 Å². The topological polar surface area (TPSA) is 70.0 Å². The lowest BCUT2D eigenvalue weighted by molar-refractivity contribution is -0.114. The number of hydrogen-bond acceptors (Lipinski definition) is 5. The minimum atomic E-state index is -0.624. The SMILES string of the molecule is COc1ccc2c(c1O)[C@@]13C=C(O)C(=O)C=C1[C@@H](C2)N(C)CC3. The number of nitrogens with zero attached hydrogens (tertiary/aromatic N) is 1. The van der Waals surface area contributed by atoms with Gasteiger partial charge in [-0.2, -0.15) is 0 Å². The van der Waals surface area contributed by atoms with Gasteiger partial charge in [0.25, 0.3) is 0 Å². The van der Waals surface area contributed by atoms with E-state index >= 15 is 0 Å². The Morgan fingerprint density at radius 1 is 1.35 bits per heavy atom. The molecule has 3 aliphatic rings. The minimum absolute atomic E-state index is 0.109. The Morgan fingerprint density at radius 3 is 2.87 bits per heavy atom. The molecule has 1 aromatic carbocycles. The third-order valence-corrected chi connectivity index (χ3v) is 5.49. The molecule has 0 unspecified atom stereocenters. The molecule has 23 heavy (non-hydrogen) atoms. The molecule has 1 aliphatic heterocycles. The van der Waals surface area contributed by atoms with Crippen molar-refractivity contribution in [2.45, 2.75) is 24.3 Å². The minimum Gasteiger partial charge on any atom is -0.504 e. The Labute approximate surface area is 134 Å². The number of likely N-dealkylation sites (N-methyl/N-ethyl adjacent to an activating group) is 1. The molecule has 2 atom stereocenters. The van der Waals surface area contributed by atoms with Gasteiger partial charge in [0.05, 0.1) is 7.11 Å². The first-order valence-electron chi connectivity index (χ1n) is 7.75. The maximum absolute atomic E-state index is 12.0. The van der Waals surface area contributed by atoms with Crippen molar-refractivity contribution in [3.8, 4) is 11.5 Å². The van der Waals surface area contributed by atoms with Gasteiger partial charge in [-0.3, -0.25) is 9.69 Å². The Hall–Kier alpha value is -2.27. The summed E-state index contributed by atoms with van der Waals surface area (Å²) in [7, 11) is 3.57. The largest absolute Gasteiger partial charge is 0.504 e. The summed E-state index contributed by atoms with van der Waals surface area (Å²) >= 11 is 0. The number of aliphatic hydroxyl groups excluding tert-OH is 1. The van der Waals surface area contributed by atoms with E-state index in [2.05, 4.69) is 4.90 Å². The highest BCUT2D eigenvalue weighted by Gasteiger charge is 2.51. The summed E-state index contributed by atoms with van der Waals surface area (Å²) in [6.45, 7) is 0.829. The first-order chi connectivity index (χ1) is 11.0. The van der Waals surface area contributed by atoms with Crippen LogP contribution in [0.25, 0.3) is 0 Å². The van der Waals surface area contributed by atoms with Crippen LogP contribution in [-0.2, 0) is 16.6 Å². The lowest BCUT2D eigenvalue weighted by atomic mass is 9.58. The van der Waals surface area contributed by atoms with Crippen molar-refractivity contribution in [3.05, 3.63) is 46.7 Å². The number of fused-ring (bicyclic) bond motifs is 1. The molecule has 4 rings (SSSR count). The number of phenols is 1. The number of allylic oxidation sites excluding steroid dienone is 2. The van der Waals surface area contributed by atoms with Gasteiger partial charge in [-0.05, 0) is 55.8 Å². The van der Waals surface area contributed by atoms with Crippen LogP contribution >= 0.6 is 0 Å². The quantitative estimate of drug-likeness (QED) is 0.828. The average molecular weight is 313 g/mol. The zero-order valence-electron chi connectivity index (χ0n) is 13.2. The van der Waals surface area contributed by atoms with Gasteiger partial charge in [0.2, 0.25) is 5.78 Å². The van der Waals surface area contributed by atoms with Crippen LogP contribution in [0.2, 0.25) is 0 Å². The van der Waals surface area contributed by atoms with E-state index in [1.807, 2.05) is 13.1 Å². The molecular formula is C18H19NO4. The average Bonchev–Trinajstić information content (AvgIpc) is 2.52. The van der Waals surface area contributed by atoms with Crippen LogP contribution in [0, 0.1) is 0 Å². The second-order valence-electron chi connectivity index (χ2n) is 6.57. The third-order valence-electron chi connectivity index (χ3n) is 5.49. The lowest BCUT2D eigenvalue weighted by Gasteiger charge is -2.52. The van der Waals surface area contributed by atoms with Crippen LogP contribution in [0.15, 0.2) is 35.6 Å². The molecular weight excluding hydrogens is 294 g/mol. The van der Waals surface area contributed by atoms with E-state index < -0.39 is 5.41 Å². The highest BCUT2D eigenvalue weighted by molar-refractivity contribution is 6.05. The third kappa shape index (κ3) is 1.74. The van der Waals surface area contributed by atoms with Crippen LogP contribution < -0.4 is 4.74 Å². The van der Waals surface area contributed by atoms with Crippen molar-refractivity contribution in [1.29, 1.82) is 0 Å². The summed E-state index contributed by atoms with van der Waals surface area (Å²) in [4.78, 5) is 14.2. The van der Waals surface area contributed by atoms with E-state index in [0.29, 0.717) is 12.2 Å². The van der Waals surface area contributed by atoms with Crippen molar-refractivity contribution in [2.24, 2.45) is 0 Å². The Balaban J connectivity index is 2.04. The number of ether oxygens (including phenoxy) is 1. The number of piperidine rings is 1. The highest BCUT2D eigenvalue weighted by Crippen LogP contribution is 2.55. The van der Waals surface area contributed by atoms with Gasteiger partial charge in [0.1, 0.15) is 0 Å². The summed E-state index contributed by atoms with van der Waals surface area (Å²) in [5.41, 5.74) is 2.15. The molecule has 0 saturated carbocycles. The number of carbonyl (C=O) groups is 1. The van der Waals surface area contributed by atoms with Crippen LogP contribution in [0.5, 0.6) is 11.5 Å². The molecule has 0 amide bonds. The number of methoxy groups -OCH3 is 1. The number of benzene rings is 1. The van der Waals surface area contributed by atoms with Crippen molar-refractivity contribution in [1.82, 2.24) is 4.90 Å². The fourth-order valence-corrected chi connectivity index (χ4v) is 4.35. The molecule has 2 aliphatic carbocycles. The van der Waals surface area contributed by atoms with Crippen molar-refractivity contribution in [3.63, 3.8) is 0 Å². The van der Waals surface area contributed by atoms with Crippen LogP contribution in [0.4, 0.5) is 0 Å². The summed E-state index contributed by atoms with van der Waals surface area (Å²) in [5.74, 6) is -0.0779. The summed E-state index contributed by atoms with van der Waals surface area (Å²) in [6.07, 6.45) is 4.62. The van der Waals surface area contributed by atoms with E-state index in [9.17, 15) is 15.0 Å². The Bertz CT molecular complexity index is 779. The first-order valence-corrected chi connectivity index (χ1v) is 7.75. The van der Waals surface area contributed by atoms with Gasteiger partial charge in [0.15, 0.2) is 17.3 Å². The number of aliphatic hydroxyl groups is 1. The molecule has 120 valence electrons. The van der Waals surface area contributed by atoms with Crippen molar-refractivity contribution in [2.75, 3.05) is 20.7 Å². The molecule has 0 spiro atoms. The number of rotatable bonds is 1. The molecule has 1 aromatic rings. The first kappa shape index (κ1) is 14.3. The van der Waals surface area contributed by atoms with Crippen LogP contribution in [0.3, 0.4) is 0 Å². The molecule has 2 N–H and O–H groups in total. The van der Waals surface area contributed by atoms with Crippen molar-refractivity contribution < 1.29 is 19.7 Å². The lowest BCUT2D eigenvalue weighted by Crippen LogP contribution is -2.54. The van der Waals surface area contributed by atoms with Gasteiger partial charge in [-0.25, -0.2) is 0 Å². The van der Waals surface area contributed by atoms with Crippen molar-refractivity contribution >= 4 is 5.78 Å². The van der Waals surface area contributed by atoms with E-state index in [1.165, 1.54) is 7.11 Å². The molecule has 1 fully saturated rings. The smallest absolute Gasteiger partial charge is 0.219 e. The standard InChI is InChI=1S/C18H19NO4/c1-19-6-5-18-9-14(21)13(20)8-11(18)12(19)7-10-3-4-15(23-2)17(22)16(10)18/h3-4,8-9,12,21-22H,5-7H2,1-2H3/t12-,18+/m1/s1. The second-order valence-corrected chi connectivity index (χ2v) is 6.57. The summed E-state index contributed by atoms with van der Waals surface area (Å²) in [6, 6.07) is 3.85. The van der Waals surface area contributed by atoms with E-state index in [1.54, 1.807) is 18.2 Å². The van der Waals surface area contributed by atoms with Gasteiger partial charge in [-0.1, -0.05) is 6.07 Å². The summed E-state index contributed by atoms with van der Waals surface area (Å²) < 4.78 is 5.26. The molecule has 2 bridgehead atoms. The van der Waals surface area contributed by atoms with Gasteiger partial charge in [-0.15, -0.1) is 0 Å². The number of aromatic hydroxyl groups is 1. The number of ketones is 1. The zero-order valence-corrected chi connectivity index (χ0v) is 13.2. The van der Waals surface area contributed by atoms with Crippen LogP contribution in [0.1, 0.15) is 17.5 Å². The predicted octanol–water partition coefficient (Wildman–Crippen LogP) is 1.85. The fraction of sp³-hybridized carbons (Fsp3) is 0.389. The summed E-state index contributed by atoms with van der Waals surface area (Å²) in [5, 5.41) is 20.8. The maximum Gasteiger partial charge on any atom is 0.219 e. The normalized spacial score (nSPS) is 29.3. The monoisotopic (exact) mass is 313 g/mol.